The zero-order valence-electron chi connectivity index (χ0n) is 11.9. The molecule has 0 saturated heterocycles. The van der Waals surface area contributed by atoms with Gasteiger partial charge in [-0.1, -0.05) is 0 Å². The highest BCUT2D eigenvalue weighted by molar-refractivity contribution is 5.73. The number of aryl methyl sites for hydroxylation is 1. The van der Waals surface area contributed by atoms with Crippen LogP contribution in [0, 0.1) is 0 Å². The standard InChI is InChI=1S/C12H19N5O3/c1-4-15-8-9(14-11(15)13)17(6-7-20-3)12(19)16(5-2)10(8)18/h4-7H2,1-3H3,(H2,13,14). The molecule has 2 aromatic rings. The van der Waals surface area contributed by atoms with Crippen molar-refractivity contribution in [2.24, 2.45) is 0 Å². The molecular formula is C12H19N5O3. The summed E-state index contributed by atoms with van der Waals surface area (Å²) in [7, 11) is 1.55. The maximum absolute atomic E-state index is 12.4. The fourth-order valence-corrected chi connectivity index (χ4v) is 2.29. The predicted octanol–water partition coefficient (Wildman–Crippen LogP) is -0.372. The SMILES string of the molecule is CCn1c(=O)c2c(nc(N)n2CC)n(CCOC)c1=O. The second-order valence-electron chi connectivity index (χ2n) is 4.36. The van der Waals surface area contributed by atoms with Gasteiger partial charge in [0.25, 0.3) is 5.56 Å². The average Bonchev–Trinajstić information content (AvgIpc) is 2.76. The topological polar surface area (TPSA) is 97.1 Å². The van der Waals surface area contributed by atoms with E-state index in [4.69, 9.17) is 10.5 Å². The van der Waals surface area contributed by atoms with Crippen LogP contribution in [0.5, 0.6) is 0 Å². The van der Waals surface area contributed by atoms with Gasteiger partial charge in [0.05, 0.1) is 13.2 Å². The molecule has 0 aliphatic carbocycles. The molecule has 20 heavy (non-hydrogen) atoms. The van der Waals surface area contributed by atoms with Crippen LogP contribution >= 0.6 is 0 Å². The van der Waals surface area contributed by atoms with Crippen molar-refractivity contribution in [1.82, 2.24) is 18.7 Å². The Balaban J connectivity index is 2.90. The predicted molar refractivity (Wildman–Crippen MR) is 75.9 cm³/mol. The van der Waals surface area contributed by atoms with E-state index in [0.29, 0.717) is 37.4 Å². The first-order valence-corrected chi connectivity index (χ1v) is 6.55. The van der Waals surface area contributed by atoms with Crippen LogP contribution in [0.2, 0.25) is 0 Å². The minimum atomic E-state index is -0.386. The highest BCUT2D eigenvalue weighted by Crippen LogP contribution is 2.12. The lowest BCUT2D eigenvalue weighted by atomic mass is 10.4. The molecule has 0 spiro atoms. The van der Waals surface area contributed by atoms with Gasteiger partial charge in [0.1, 0.15) is 0 Å². The average molecular weight is 281 g/mol. The van der Waals surface area contributed by atoms with E-state index >= 15 is 0 Å². The van der Waals surface area contributed by atoms with Gasteiger partial charge < -0.3 is 15.0 Å². The minimum absolute atomic E-state index is 0.235. The fourth-order valence-electron chi connectivity index (χ4n) is 2.29. The van der Waals surface area contributed by atoms with Crippen LogP contribution in [-0.4, -0.2) is 32.4 Å². The van der Waals surface area contributed by atoms with Gasteiger partial charge in [-0.05, 0) is 13.8 Å². The van der Waals surface area contributed by atoms with Crippen molar-refractivity contribution < 1.29 is 4.74 Å². The quantitative estimate of drug-likeness (QED) is 0.806. The summed E-state index contributed by atoms with van der Waals surface area (Å²) in [5.41, 5.74) is 5.77. The van der Waals surface area contributed by atoms with E-state index in [1.54, 1.807) is 18.6 Å². The Hall–Kier alpha value is -2.09. The molecule has 110 valence electrons. The van der Waals surface area contributed by atoms with Crippen LogP contribution in [0.4, 0.5) is 5.95 Å². The Bertz CT molecular complexity index is 740. The van der Waals surface area contributed by atoms with Crippen molar-refractivity contribution in [3.05, 3.63) is 20.8 Å². The number of nitrogen functional groups attached to an aromatic ring is 1. The molecular weight excluding hydrogens is 262 g/mol. The third kappa shape index (κ3) is 2.01. The zero-order chi connectivity index (χ0) is 14.9. The van der Waals surface area contributed by atoms with Gasteiger partial charge in [-0.15, -0.1) is 0 Å². The van der Waals surface area contributed by atoms with Gasteiger partial charge in [-0.2, -0.15) is 4.98 Å². The fraction of sp³-hybridized carbons (Fsp3) is 0.583. The maximum Gasteiger partial charge on any atom is 0.332 e. The molecule has 8 heteroatoms. The van der Waals surface area contributed by atoms with Crippen molar-refractivity contribution in [2.75, 3.05) is 19.5 Å². The van der Waals surface area contributed by atoms with Crippen LogP contribution < -0.4 is 17.0 Å². The summed E-state index contributed by atoms with van der Waals surface area (Å²) in [5.74, 6) is 0.235. The summed E-state index contributed by atoms with van der Waals surface area (Å²) in [4.78, 5) is 28.9. The highest BCUT2D eigenvalue weighted by Gasteiger charge is 2.18. The molecule has 2 N–H and O–H groups in total. The summed E-state index contributed by atoms with van der Waals surface area (Å²) in [6.45, 7) is 5.13. The number of aromatic nitrogens is 4. The van der Waals surface area contributed by atoms with Gasteiger partial charge >= 0.3 is 5.69 Å². The van der Waals surface area contributed by atoms with Gasteiger partial charge in [0, 0.05) is 20.2 Å². The van der Waals surface area contributed by atoms with Crippen LogP contribution in [0.15, 0.2) is 9.59 Å². The lowest BCUT2D eigenvalue weighted by Gasteiger charge is -2.10. The number of imidazole rings is 1. The monoisotopic (exact) mass is 281 g/mol. The first-order chi connectivity index (χ1) is 9.56. The zero-order valence-corrected chi connectivity index (χ0v) is 11.9. The molecule has 2 heterocycles. The Kier molecular flexibility index (Phi) is 3.93. The molecule has 0 radical (unpaired) electrons. The van der Waals surface area contributed by atoms with Gasteiger partial charge in [0.2, 0.25) is 5.95 Å². The molecule has 2 rings (SSSR count). The summed E-state index contributed by atoms with van der Waals surface area (Å²) in [5, 5.41) is 0. The molecule has 0 bridgehead atoms. The van der Waals surface area contributed by atoms with Crippen LogP contribution in [-0.2, 0) is 24.4 Å². The van der Waals surface area contributed by atoms with Crippen LogP contribution in [0.1, 0.15) is 13.8 Å². The Labute approximate surface area is 115 Å². The number of anilines is 1. The molecule has 0 amide bonds. The second kappa shape index (κ2) is 5.49. The first kappa shape index (κ1) is 14.3. The Morgan fingerprint density at radius 1 is 1.15 bits per heavy atom. The van der Waals surface area contributed by atoms with E-state index in [-0.39, 0.29) is 17.2 Å². The third-order valence-corrected chi connectivity index (χ3v) is 3.30. The molecule has 0 aliphatic heterocycles. The summed E-state index contributed by atoms with van der Waals surface area (Å²) in [6.07, 6.45) is 0. The second-order valence-corrected chi connectivity index (χ2v) is 4.36. The maximum atomic E-state index is 12.4. The van der Waals surface area contributed by atoms with Crippen LogP contribution in [0.25, 0.3) is 11.2 Å². The van der Waals surface area contributed by atoms with Crippen molar-refractivity contribution in [3.8, 4) is 0 Å². The summed E-state index contributed by atoms with van der Waals surface area (Å²) >= 11 is 0. The van der Waals surface area contributed by atoms with E-state index in [2.05, 4.69) is 4.98 Å². The van der Waals surface area contributed by atoms with E-state index in [1.165, 1.54) is 9.13 Å². The molecule has 0 aliphatic rings. The van der Waals surface area contributed by atoms with E-state index in [1.807, 2.05) is 6.92 Å². The highest BCUT2D eigenvalue weighted by atomic mass is 16.5. The van der Waals surface area contributed by atoms with E-state index < -0.39 is 0 Å². The summed E-state index contributed by atoms with van der Waals surface area (Å²) < 4.78 is 9.24. The number of methoxy groups -OCH3 is 1. The Morgan fingerprint density at radius 3 is 2.35 bits per heavy atom. The molecule has 2 aromatic heterocycles. The number of nitrogens with zero attached hydrogens (tertiary/aromatic N) is 4. The van der Waals surface area contributed by atoms with E-state index in [9.17, 15) is 9.59 Å². The van der Waals surface area contributed by atoms with Gasteiger partial charge in [-0.3, -0.25) is 13.9 Å². The van der Waals surface area contributed by atoms with E-state index in [0.717, 1.165) is 0 Å². The number of fused-ring (bicyclic) bond motifs is 1. The van der Waals surface area contributed by atoms with Crippen LogP contribution in [0.3, 0.4) is 0 Å². The normalized spacial score (nSPS) is 11.3. The number of rotatable bonds is 5. The van der Waals surface area contributed by atoms with Crippen molar-refractivity contribution in [2.45, 2.75) is 33.5 Å². The third-order valence-electron chi connectivity index (χ3n) is 3.30. The minimum Gasteiger partial charge on any atom is -0.383 e. The van der Waals surface area contributed by atoms with Crippen molar-refractivity contribution in [1.29, 1.82) is 0 Å². The number of nitrogens with two attached hydrogens (primary N) is 1. The lowest BCUT2D eigenvalue weighted by molar-refractivity contribution is 0.186. The number of hydrogen-bond donors (Lipinski definition) is 1. The van der Waals surface area contributed by atoms with Crippen molar-refractivity contribution >= 4 is 17.1 Å². The number of hydrogen-bond acceptors (Lipinski definition) is 5. The van der Waals surface area contributed by atoms with Gasteiger partial charge in [0.15, 0.2) is 11.2 Å². The molecule has 8 nitrogen and oxygen atoms in total. The number of ether oxygens (including phenoxy) is 1. The molecule has 0 aromatic carbocycles. The molecule has 0 unspecified atom stereocenters. The molecule has 0 saturated carbocycles. The van der Waals surface area contributed by atoms with Gasteiger partial charge in [-0.25, -0.2) is 4.79 Å². The lowest BCUT2D eigenvalue weighted by Crippen LogP contribution is -2.40. The smallest absolute Gasteiger partial charge is 0.332 e. The Morgan fingerprint density at radius 2 is 1.80 bits per heavy atom. The molecule has 0 fully saturated rings. The first-order valence-electron chi connectivity index (χ1n) is 6.55. The van der Waals surface area contributed by atoms with Crippen molar-refractivity contribution in [3.63, 3.8) is 0 Å². The largest absolute Gasteiger partial charge is 0.383 e. The summed E-state index contributed by atoms with van der Waals surface area (Å²) in [6, 6.07) is 0. The molecule has 0 atom stereocenters.